The first kappa shape index (κ1) is 8.75. The molecular formula is C10H16N2O. The maximum absolute atomic E-state index is 5.52. The van der Waals surface area contributed by atoms with Crippen molar-refractivity contribution in [3.63, 3.8) is 0 Å². The maximum atomic E-state index is 5.52. The first-order chi connectivity index (χ1) is 6.42. The van der Waals surface area contributed by atoms with Crippen molar-refractivity contribution in [2.24, 2.45) is 5.73 Å². The van der Waals surface area contributed by atoms with Gasteiger partial charge in [0.25, 0.3) is 0 Å². The first-order valence-electron chi connectivity index (χ1n) is 5.05. The molecule has 1 heterocycles. The summed E-state index contributed by atoms with van der Waals surface area (Å²) in [4.78, 5) is 0. The van der Waals surface area contributed by atoms with E-state index in [0.717, 1.165) is 12.2 Å². The average molecular weight is 180 g/mol. The highest BCUT2D eigenvalue weighted by Gasteiger charge is 2.23. The minimum atomic E-state index is 0.615. The molecule has 0 bridgehead atoms. The van der Waals surface area contributed by atoms with E-state index < -0.39 is 0 Å². The van der Waals surface area contributed by atoms with E-state index in [1.807, 2.05) is 6.20 Å². The van der Waals surface area contributed by atoms with Gasteiger partial charge in [-0.15, -0.1) is 0 Å². The van der Waals surface area contributed by atoms with E-state index in [0.29, 0.717) is 12.5 Å². The summed E-state index contributed by atoms with van der Waals surface area (Å²) >= 11 is 0. The summed E-state index contributed by atoms with van der Waals surface area (Å²) in [6, 6.07) is 0. The molecule has 72 valence electrons. The zero-order chi connectivity index (χ0) is 9.10. The van der Waals surface area contributed by atoms with Crippen LogP contribution in [0.3, 0.4) is 0 Å². The molecule has 1 aliphatic rings. The molecule has 0 radical (unpaired) electrons. The van der Waals surface area contributed by atoms with E-state index in [9.17, 15) is 0 Å². The lowest BCUT2D eigenvalue weighted by Gasteiger charge is -2.05. The zero-order valence-electron chi connectivity index (χ0n) is 7.83. The Bertz CT molecular complexity index is 264. The van der Waals surface area contributed by atoms with Gasteiger partial charge in [-0.1, -0.05) is 18.0 Å². The van der Waals surface area contributed by atoms with Crippen molar-refractivity contribution in [1.29, 1.82) is 0 Å². The summed E-state index contributed by atoms with van der Waals surface area (Å²) in [5.41, 5.74) is 6.73. The molecule has 1 saturated carbocycles. The van der Waals surface area contributed by atoms with Crippen molar-refractivity contribution in [1.82, 2.24) is 5.16 Å². The van der Waals surface area contributed by atoms with Gasteiger partial charge in [0, 0.05) is 11.5 Å². The standard InChI is InChI=1S/C10H16N2O/c11-6-5-9-7-12-13-10(9)8-3-1-2-4-8/h7-8H,1-6,11H2. The van der Waals surface area contributed by atoms with Crippen LogP contribution in [0.25, 0.3) is 0 Å². The lowest BCUT2D eigenvalue weighted by atomic mass is 10.0. The van der Waals surface area contributed by atoms with Crippen LogP contribution >= 0.6 is 0 Å². The summed E-state index contributed by atoms with van der Waals surface area (Å²) in [6.07, 6.45) is 7.89. The SMILES string of the molecule is NCCc1cnoc1C1CCCC1. The second kappa shape index (κ2) is 3.92. The van der Waals surface area contributed by atoms with E-state index in [-0.39, 0.29) is 0 Å². The fraction of sp³-hybridized carbons (Fsp3) is 0.700. The summed E-state index contributed by atoms with van der Waals surface area (Å²) in [7, 11) is 0. The van der Waals surface area contributed by atoms with E-state index in [1.165, 1.54) is 31.2 Å². The van der Waals surface area contributed by atoms with Crippen LogP contribution in [0.4, 0.5) is 0 Å². The molecule has 3 nitrogen and oxygen atoms in total. The topological polar surface area (TPSA) is 52.0 Å². The highest BCUT2D eigenvalue weighted by molar-refractivity contribution is 5.18. The molecule has 0 atom stereocenters. The Morgan fingerprint density at radius 1 is 1.46 bits per heavy atom. The highest BCUT2D eigenvalue weighted by atomic mass is 16.5. The van der Waals surface area contributed by atoms with Gasteiger partial charge in [0.15, 0.2) is 0 Å². The molecule has 1 aliphatic carbocycles. The number of nitrogens with two attached hydrogens (primary N) is 1. The number of aromatic nitrogens is 1. The molecular weight excluding hydrogens is 164 g/mol. The van der Waals surface area contributed by atoms with E-state index in [1.54, 1.807) is 0 Å². The molecule has 2 rings (SSSR count). The molecule has 0 aliphatic heterocycles. The summed E-state index contributed by atoms with van der Waals surface area (Å²) in [5, 5.41) is 3.85. The lowest BCUT2D eigenvalue weighted by molar-refractivity contribution is 0.358. The number of hydrogen-bond acceptors (Lipinski definition) is 3. The van der Waals surface area contributed by atoms with E-state index in [4.69, 9.17) is 10.3 Å². The van der Waals surface area contributed by atoms with Gasteiger partial charge in [-0.3, -0.25) is 0 Å². The van der Waals surface area contributed by atoms with Crippen LogP contribution < -0.4 is 5.73 Å². The van der Waals surface area contributed by atoms with Gasteiger partial charge in [-0.2, -0.15) is 0 Å². The Balaban J connectivity index is 2.13. The van der Waals surface area contributed by atoms with Crippen LogP contribution in [0.5, 0.6) is 0 Å². The number of nitrogens with zero attached hydrogens (tertiary/aromatic N) is 1. The molecule has 0 unspecified atom stereocenters. The third kappa shape index (κ3) is 1.75. The fourth-order valence-corrected chi connectivity index (χ4v) is 2.14. The maximum Gasteiger partial charge on any atom is 0.143 e. The van der Waals surface area contributed by atoms with Crippen molar-refractivity contribution in [2.75, 3.05) is 6.54 Å². The van der Waals surface area contributed by atoms with Gasteiger partial charge in [0.05, 0.1) is 6.20 Å². The molecule has 2 N–H and O–H groups in total. The Morgan fingerprint density at radius 2 is 2.23 bits per heavy atom. The second-order valence-electron chi connectivity index (χ2n) is 3.74. The van der Waals surface area contributed by atoms with Gasteiger partial charge in [-0.25, -0.2) is 0 Å². The molecule has 0 amide bonds. The average Bonchev–Trinajstić information content (AvgIpc) is 2.71. The minimum absolute atomic E-state index is 0.615. The summed E-state index contributed by atoms with van der Waals surface area (Å²) < 4.78 is 5.30. The van der Waals surface area contributed by atoms with Crippen molar-refractivity contribution in [3.8, 4) is 0 Å². The minimum Gasteiger partial charge on any atom is -0.361 e. The Kier molecular flexibility index (Phi) is 2.64. The van der Waals surface area contributed by atoms with Crippen LogP contribution in [0.1, 0.15) is 42.9 Å². The predicted octanol–water partition coefficient (Wildman–Crippen LogP) is 1.83. The van der Waals surface area contributed by atoms with Crippen molar-refractivity contribution in [3.05, 3.63) is 17.5 Å². The van der Waals surface area contributed by atoms with Crippen molar-refractivity contribution >= 4 is 0 Å². The Morgan fingerprint density at radius 3 is 2.92 bits per heavy atom. The second-order valence-corrected chi connectivity index (χ2v) is 3.74. The molecule has 3 heteroatoms. The van der Waals surface area contributed by atoms with Crippen LogP contribution in [-0.2, 0) is 6.42 Å². The van der Waals surface area contributed by atoms with Gasteiger partial charge < -0.3 is 10.3 Å². The van der Waals surface area contributed by atoms with Crippen LogP contribution in [0.2, 0.25) is 0 Å². The third-order valence-corrected chi connectivity index (χ3v) is 2.82. The van der Waals surface area contributed by atoms with Crippen LogP contribution in [0.15, 0.2) is 10.7 Å². The highest BCUT2D eigenvalue weighted by Crippen LogP contribution is 2.35. The molecule has 0 saturated heterocycles. The molecule has 0 spiro atoms. The first-order valence-corrected chi connectivity index (χ1v) is 5.05. The van der Waals surface area contributed by atoms with Crippen molar-refractivity contribution in [2.45, 2.75) is 38.0 Å². The Hall–Kier alpha value is -0.830. The smallest absolute Gasteiger partial charge is 0.143 e. The normalized spacial score (nSPS) is 18.2. The monoisotopic (exact) mass is 180 g/mol. The van der Waals surface area contributed by atoms with Crippen molar-refractivity contribution < 1.29 is 4.52 Å². The molecule has 13 heavy (non-hydrogen) atoms. The van der Waals surface area contributed by atoms with E-state index in [2.05, 4.69) is 5.16 Å². The summed E-state index contributed by atoms with van der Waals surface area (Å²) in [6.45, 7) is 0.681. The molecule has 1 aromatic rings. The van der Waals surface area contributed by atoms with Gasteiger partial charge in [0.1, 0.15) is 5.76 Å². The zero-order valence-corrected chi connectivity index (χ0v) is 7.83. The lowest BCUT2D eigenvalue weighted by Crippen LogP contribution is -2.04. The summed E-state index contributed by atoms with van der Waals surface area (Å²) in [5.74, 6) is 1.71. The molecule has 1 fully saturated rings. The third-order valence-electron chi connectivity index (χ3n) is 2.82. The molecule has 0 aromatic carbocycles. The van der Waals surface area contributed by atoms with Crippen LogP contribution in [-0.4, -0.2) is 11.7 Å². The largest absolute Gasteiger partial charge is 0.361 e. The predicted molar refractivity (Wildman–Crippen MR) is 50.5 cm³/mol. The Labute approximate surface area is 78.3 Å². The number of hydrogen-bond donors (Lipinski definition) is 1. The quantitative estimate of drug-likeness (QED) is 0.772. The number of rotatable bonds is 3. The van der Waals surface area contributed by atoms with Gasteiger partial charge in [-0.05, 0) is 25.8 Å². The fourth-order valence-electron chi connectivity index (χ4n) is 2.14. The van der Waals surface area contributed by atoms with Gasteiger partial charge >= 0.3 is 0 Å². The van der Waals surface area contributed by atoms with Crippen LogP contribution in [0, 0.1) is 0 Å². The van der Waals surface area contributed by atoms with Gasteiger partial charge in [0.2, 0.25) is 0 Å². The molecule has 1 aromatic heterocycles. The van der Waals surface area contributed by atoms with E-state index >= 15 is 0 Å².